The molecule has 0 radical (unpaired) electrons. The normalized spacial score (nSPS) is 19.6. The summed E-state index contributed by atoms with van der Waals surface area (Å²) in [6, 6.07) is 3.64. The molecule has 17 heavy (non-hydrogen) atoms. The minimum atomic E-state index is -0.271. The molecule has 0 aliphatic carbocycles. The fourth-order valence-corrected chi connectivity index (χ4v) is 2.18. The molecular formula is C12H15NO4. The zero-order valence-corrected chi connectivity index (χ0v) is 9.33. The summed E-state index contributed by atoms with van der Waals surface area (Å²) in [6.45, 7) is 0.539. The highest BCUT2D eigenvalue weighted by Gasteiger charge is 2.29. The van der Waals surface area contributed by atoms with Crippen LogP contribution in [0.5, 0.6) is 11.5 Å². The maximum atomic E-state index is 12.1. The summed E-state index contributed by atoms with van der Waals surface area (Å²) in [4.78, 5) is 13.7. The number of carbonyl (C=O) groups excluding carboxylic acids is 1. The molecule has 1 aliphatic heterocycles. The van der Waals surface area contributed by atoms with Gasteiger partial charge in [0.1, 0.15) is 11.5 Å². The van der Waals surface area contributed by atoms with E-state index in [4.69, 9.17) is 5.11 Å². The molecule has 1 aromatic carbocycles. The minimum Gasteiger partial charge on any atom is -0.508 e. The Morgan fingerprint density at radius 2 is 1.94 bits per heavy atom. The molecule has 1 amide bonds. The smallest absolute Gasteiger partial charge is 0.254 e. The van der Waals surface area contributed by atoms with Crippen LogP contribution in [0.4, 0.5) is 0 Å². The zero-order chi connectivity index (χ0) is 12.4. The summed E-state index contributed by atoms with van der Waals surface area (Å²) in [6.07, 6.45) is 1.65. The molecule has 0 spiro atoms. The third-order valence-corrected chi connectivity index (χ3v) is 3.00. The van der Waals surface area contributed by atoms with Gasteiger partial charge in [-0.2, -0.15) is 0 Å². The largest absolute Gasteiger partial charge is 0.508 e. The number of benzene rings is 1. The molecule has 0 bridgehead atoms. The van der Waals surface area contributed by atoms with Crippen LogP contribution in [0.3, 0.4) is 0 Å². The van der Waals surface area contributed by atoms with E-state index in [9.17, 15) is 15.0 Å². The second-order valence-corrected chi connectivity index (χ2v) is 4.22. The van der Waals surface area contributed by atoms with Gasteiger partial charge in [0.05, 0.1) is 12.6 Å². The maximum absolute atomic E-state index is 12.1. The second-order valence-electron chi connectivity index (χ2n) is 4.22. The Morgan fingerprint density at radius 3 is 2.53 bits per heavy atom. The number of aliphatic hydroxyl groups excluding tert-OH is 1. The lowest BCUT2D eigenvalue weighted by molar-refractivity contribution is 0.0677. The highest BCUT2D eigenvalue weighted by Crippen LogP contribution is 2.24. The summed E-state index contributed by atoms with van der Waals surface area (Å²) in [5.41, 5.74) is 0.239. The average molecular weight is 237 g/mol. The monoisotopic (exact) mass is 237 g/mol. The number of amides is 1. The van der Waals surface area contributed by atoms with Crippen molar-refractivity contribution in [2.24, 2.45) is 0 Å². The van der Waals surface area contributed by atoms with Crippen molar-refractivity contribution in [3.05, 3.63) is 23.8 Å². The Labute approximate surface area is 98.9 Å². The van der Waals surface area contributed by atoms with Crippen LogP contribution in [0, 0.1) is 0 Å². The van der Waals surface area contributed by atoms with Crippen molar-refractivity contribution in [1.29, 1.82) is 0 Å². The van der Waals surface area contributed by atoms with E-state index >= 15 is 0 Å². The Balaban J connectivity index is 2.24. The van der Waals surface area contributed by atoms with Gasteiger partial charge in [0.25, 0.3) is 5.91 Å². The van der Waals surface area contributed by atoms with Gasteiger partial charge in [-0.1, -0.05) is 0 Å². The molecule has 92 valence electrons. The molecule has 1 aromatic rings. The predicted molar refractivity (Wildman–Crippen MR) is 60.9 cm³/mol. The van der Waals surface area contributed by atoms with E-state index in [2.05, 4.69) is 0 Å². The Kier molecular flexibility index (Phi) is 3.19. The third-order valence-electron chi connectivity index (χ3n) is 3.00. The maximum Gasteiger partial charge on any atom is 0.254 e. The number of phenols is 2. The molecule has 1 aliphatic rings. The van der Waals surface area contributed by atoms with Crippen molar-refractivity contribution in [3.63, 3.8) is 0 Å². The highest BCUT2D eigenvalue weighted by atomic mass is 16.3. The SMILES string of the molecule is O=C(c1cc(O)cc(O)c1)N1CCC[C@H]1CO. The molecule has 1 atom stereocenters. The molecule has 1 saturated heterocycles. The summed E-state index contributed by atoms with van der Waals surface area (Å²) >= 11 is 0. The molecular weight excluding hydrogens is 222 g/mol. The minimum absolute atomic E-state index is 0.0590. The molecule has 3 N–H and O–H groups in total. The van der Waals surface area contributed by atoms with Crippen LogP contribution < -0.4 is 0 Å². The summed E-state index contributed by atoms with van der Waals surface area (Å²) in [5, 5.41) is 27.8. The van der Waals surface area contributed by atoms with Crippen molar-refractivity contribution >= 4 is 5.91 Å². The lowest BCUT2D eigenvalue weighted by Gasteiger charge is -2.23. The molecule has 2 rings (SSSR count). The van der Waals surface area contributed by atoms with Crippen LogP contribution in [-0.4, -0.2) is 45.3 Å². The fraction of sp³-hybridized carbons (Fsp3) is 0.417. The molecule has 0 saturated carbocycles. The van der Waals surface area contributed by atoms with Crippen LogP contribution in [0.2, 0.25) is 0 Å². The van der Waals surface area contributed by atoms with E-state index < -0.39 is 0 Å². The predicted octanol–water partition coefficient (Wildman–Crippen LogP) is 0.695. The van der Waals surface area contributed by atoms with Crippen molar-refractivity contribution in [1.82, 2.24) is 4.90 Å². The van der Waals surface area contributed by atoms with Crippen LogP contribution >= 0.6 is 0 Å². The van der Waals surface area contributed by atoms with E-state index in [1.165, 1.54) is 18.2 Å². The molecule has 0 unspecified atom stereocenters. The van der Waals surface area contributed by atoms with Crippen LogP contribution in [0.25, 0.3) is 0 Å². The Morgan fingerprint density at radius 1 is 1.29 bits per heavy atom. The summed E-state index contributed by atoms with van der Waals surface area (Å²) < 4.78 is 0. The Bertz CT molecular complexity index is 412. The van der Waals surface area contributed by atoms with Crippen LogP contribution in [0.1, 0.15) is 23.2 Å². The van der Waals surface area contributed by atoms with Crippen molar-refractivity contribution in [3.8, 4) is 11.5 Å². The first-order valence-electron chi connectivity index (χ1n) is 5.56. The number of aliphatic hydroxyl groups is 1. The molecule has 1 fully saturated rings. The first-order chi connectivity index (χ1) is 8.11. The number of nitrogens with zero attached hydrogens (tertiary/aromatic N) is 1. The lowest BCUT2D eigenvalue weighted by Crippen LogP contribution is -2.37. The topological polar surface area (TPSA) is 81.0 Å². The van der Waals surface area contributed by atoms with Gasteiger partial charge in [-0.05, 0) is 25.0 Å². The van der Waals surface area contributed by atoms with Gasteiger partial charge in [0.15, 0.2) is 0 Å². The third kappa shape index (κ3) is 2.34. The number of phenolic OH excluding ortho intramolecular Hbond substituents is 2. The van der Waals surface area contributed by atoms with Crippen molar-refractivity contribution < 1.29 is 20.1 Å². The molecule has 0 aromatic heterocycles. The van der Waals surface area contributed by atoms with Gasteiger partial charge in [-0.15, -0.1) is 0 Å². The first kappa shape index (κ1) is 11.7. The lowest BCUT2D eigenvalue weighted by atomic mass is 10.1. The highest BCUT2D eigenvalue weighted by molar-refractivity contribution is 5.95. The quantitative estimate of drug-likeness (QED) is 0.707. The van der Waals surface area contributed by atoms with E-state index in [0.29, 0.717) is 6.54 Å². The van der Waals surface area contributed by atoms with Gasteiger partial charge in [-0.3, -0.25) is 4.79 Å². The van der Waals surface area contributed by atoms with Crippen molar-refractivity contribution in [2.75, 3.05) is 13.2 Å². The summed E-state index contributed by atoms with van der Waals surface area (Å²) in [5.74, 6) is -0.561. The average Bonchev–Trinajstić information content (AvgIpc) is 2.74. The number of hydrogen-bond acceptors (Lipinski definition) is 4. The van der Waals surface area contributed by atoms with Gasteiger partial charge in [0, 0.05) is 18.2 Å². The molecule has 1 heterocycles. The molecule has 5 nitrogen and oxygen atoms in total. The Hall–Kier alpha value is -1.75. The first-order valence-corrected chi connectivity index (χ1v) is 5.56. The van der Waals surface area contributed by atoms with E-state index in [-0.39, 0.29) is 35.6 Å². The van der Waals surface area contributed by atoms with Gasteiger partial charge >= 0.3 is 0 Å². The van der Waals surface area contributed by atoms with E-state index in [1.54, 1.807) is 4.90 Å². The number of carbonyl (C=O) groups is 1. The number of aromatic hydroxyl groups is 2. The van der Waals surface area contributed by atoms with Gasteiger partial charge in [-0.25, -0.2) is 0 Å². The van der Waals surface area contributed by atoms with Gasteiger partial charge in [0.2, 0.25) is 0 Å². The van der Waals surface area contributed by atoms with Gasteiger partial charge < -0.3 is 20.2 Å². The van der Waals surface area contributed by atoms with E-state index in [1.807, 2.05) is 0 Å². The van der Waals surface area contributed by atoms with Crippen LogP contribution in [0.15, 0.2) is 18.2 Å². The van der Waals surface area contributed by atoms with Crippen LogP contribution in [-0.2, 0) is 0 Å². The van der Waals surface area contributed by atoms with E-state index in [0.717, 1.165) is 12.8 Å². The summed E-state index contributed by atoms with van der Waals surface area (Å²) in [7, 11) is 0. The second kappa shape index (κ2) is 4.63. The van der Waals surface area contributed by atoms with Crippen molar-refractivity contribution in [2.45, 2.75) is 18.9 Å². The standard InChI is InChI=1S/C12H15NO4/c14-7-9-2-1-3-13(9)12(17)8-4-10(15)6-11(16)5-8/h4-6,9,14-16H,1-3,7H2/t9-/m0/s1. The molecule has 5 heteroatoms. The number of hydrogen-bond donors (Lipinski definition) is 3. The number of likely N-dealkylation sites (tertiary alicyclic amines) is 1. The number of rotatable bonds is 2. The fourth-order valence-electron chi connectivity index (χ4n) is 2.18. The zero-order valence-electron chi connectivity index (χ0n) is 9.33.